The highest BCUT2D eigenvalue weighted by molar-refractivity contribution is 7.99. The molecule has 0 spiro atoms. The molecule has 0 fully saturated rings. The quantitative estimate of drug-likeness (QED) is 0.804. The van der Waals surface area contributed by atoms with Crippen molar-refractivity contribution in [2.24, 2.45) is 0 Å². The largest absolute Gasteiger partial charge is 0.245 e. The van der Waals surface area contributed by atoms with E-state index in [1.54, 1.807) is 18.2 Å². The molecule has 90 valence electrons. The van der Waals surface area contributed by atoms with Gasteiger partial charge in [0.1, 0.15) is 11.1 Å². The van der Waals surface area contributed by atoms with E-state index in [-0.39, 0.29) is 0 Å². The van der Waals surface area contributed by atoms with Crippen LogP contribution in [-0.2, 0) is 0 Å². The summed E-state index contributed by atoms with van der Waals surface area (Å²) < 4.78 is 0. The van der Waals surface area contributed by atoms with Crippen molar-refractivity contribution in [3.05, 3.63) is 51.6 Å². The van der Waals surface area contributed by atoms with Gasteiger partial charge in [-0.05, 0) is 37.3 Å². The van der Waals surface area contributed by atoms with Gasteiger partial charge in [0.05, 0.1) is 15.6 Å². The summed E-state index contributed by atoms with van der Waals surface area (Å²) in [5.41, 5.74) is 1.42. The van der Waals surface area contributed by atoms with E-state index in [0.29, 0.717) is 20.6 Å². The molecule has 0 saturated heterocycles. The maximum absolute atomic E-state index is 9.04. The summed E-state index contributed by atoms with van der Waals surface area (Å²) in [6.45, 7) is 1.89. The molecule has 2 nitrogen and oxygen atoms in total. The van der Waals surface area contributed by atoms with Gasteiger partial charge in [-0.2, -0.15) is 5.26 Å². The predicted molar refractivity (Wildman–Crippen MR) is 74.3 cm³/mol. The van der Waals surface area contributed by atoms with E-state index in [9.17, 15) is 0 Å². The number of rotatable bonds is 2. The zero-order valence-corrected chi connectivity index (χ0v) is 11.8. The van der Waals surface area contributed by atoms with Crippen LogP contribution in [0.1, 0.15) is 11.3 Å². The third-order valence-electron chi connectivity index (χ3n) is 2.23. The van der Waals surface area contributed by atoms with Crippen molar-refractivity contribution in [1.29, 1.82) is 5.26 Å². The van der Waals surface area contributed by atoms with E-state index in [1.807, 2.05) is 19.1 Å². The lowest BCUT2D eigenvalue weighted by atomic mass is 10.3. The van der Waals surface area contributed by atoms with Crippen LogP contribution in [0.15, 0.2) is 40.3 Å². The third-order valence-corrected chi connectivity index (χ3v) is 3.96. The van der Waals surface area contributed by atoms with Gasteiger partial charge in [-0.15, -0.1) is 0 Å². The molecule has 0 N–H and O–H groups in total. The average Bonchev–Trinajstić information content (AvgIpc) is 2.34. The van der Waals surface area contributed by atoms with Crippen LogP contribution in [0.25, 0.3) is 0 Å². The smallest absolute Gasteiger partial charge is 0.119 e. The molecule has 18 heavy (non-hydrogen) atoms. The zero-order valence-electron chi connectivity index (χ0n) is 9.45. The second kappa shape index (κ2) is 5.62. The summed E-state index contributed by atoms with van der Waals surface area (Å²) >= 11 is 13.2. The Kier molecular flexibility index (Phi) is 4.13. The number of hydrogen-bond donors (Lipinski definition) is 0. The molecule has 2 aromatic rings. The summed E-state index contributed by atoms with van der Waals surface area (Å²) in [4.78, 5) is 5.26. The van der Waals surface area contributed by atoms with Gasteiger partial charge >= 0.3 is 0 Å². The van der Waals surface area contributed by atoms with Crippen molar-refractivity contribution in [1.82, 2.24) is 4.98 Å². The summed E-state index contributed by atoms with van der Waals surface area (Å²) in [7, 11) is 0. The van der Waals surface area contributed by atoms with Gasteiger partial charge < -0.3 is 0 Å². The Bertz CT molecular complexity index is 635. The molecule has 0 radical (unpaired) electrons. The van der Waals surface area contributed by atoms with Crippen molar-refractivity contribution < 1.29 is 0 Å². The molecule has 0 saturated carbocycles. The number of aromatic nitrogens is 1. The normalized spacial score (nSPS) is 10.1. The molecule has 1 heterocycles. The standard InChI is InChI=1S/C13H8Cl2N2S/c1-8-2-3-9(7-16)13(17-8)18-10-4-5-11(14)12(15)6-10/h2-6H,1H3. The van der Waals surface area contributed by atoms with E-state index in [2.05, 4.69) is 11.1 Å². The number of pyridine rings is 1. The van der Waals surface area contributed by atoms with Crippen LogP contribution < -0.4 is 0 Å². The summed E-state index contributed by atoms with van der Waals surface area (Å²) in [6, 6.07) is 11.1. The van der Waals surface area contributed by atoms with Crippen LogP contribution in [0.5, 0.6) is 0 Å². The number of halogens is 2. The van der Waals surface area contributed by atoms with Gasteiger partial charge in [0.2, 0.25) is 0 Å². The predicted octanol–water partition coefficient (Wildman–Crippen LogP) is 4.72. The van der Waals surface area contributed by atoms with Crippen molar-refractivity contribution in [2.45, 2.75) is 16.8 Å². The highest BCUT2D eigenvalue weighted by atomic mass is 35.5. The summed E-state index contributed by atoms with van der Waals surface area (Å²) in [5.74, 6) is 0. The first-order valence-electron chi connectivity index (χ1n) is 5.11. The van der Waals surface area contributed by atoms with Crippen LogP contribution in [0.4, 0.5) is 0 Å². The minimum absolute atomic E-state index is 0.493. The van der Waals surface area contributed by atoms with Gasteiger partial charge in [0.15, 0.2) is 0 Å². The third kappa shape index (κ3) is 2.97. The molecule has 1 aromatic carbocycles. The van der Waals surface area contributed by atoms with Crippen LogP contribution in [-0.4, -0.2) is 4.98 Å². The van der Waals surface area contributed by atoms with Crippen molar-refractivity contribution in [3.63, 3.8) is 0 Å². The SMILES string of the molecule is Cc1ccc(C#N)c(Sc2ccc(Cl)c(Cl)c2)n1. The number of aryl methyl sites for hydroxylation is 1. The second-order valence-corrected chi connectivity index (χ2v) is 5.47. The van der Waals surface area contributed by atoms with Crippen LogP contribution in [0, 0.1) is 18.3 Å². The molecule has 1 aromatic heterocycles. The molecule has 0 bridgehead atoms. The lowest BCUT2D eigenvalue weighted by Gasteiger charge is -2.05. The van der Waals surface area contributed by atoms with Crippen LogP contribution in [0.3, 0.4) is 0 Å². The highest BCUT2D eigenvalue weighted by Gasteiger charge is 2.07. The summed E-state index contributed by atoms with van der Waals surface area (Å²) in [5, 5.41) is 10.7. The Balaban J connectivity index is 2.36. The Labute approximate surface area is 120 Å². The molecule has 0 aliphatic carbocycles. The first-order valence-corrected chi connectivity index (χ1v) is 6.68. The van der Waals surface area contributed by atoms with Crippen molar-refractivity contribution in [2.75, 3.05) is 0 Å². The molecule has 0 unspecified atom stereocenters. The average molecular weight is 295 g/mol. The molecule has 0 aliphatic heterocycles. The minimum Gasteiger partial charge on any atom is -0.245 e. The first-order chi connectivity index (χ1) is 8.60. The number of hydrogen-bond acceptors (Lipinski definition) is 3. The Morgan fingerprint density at radius 3 is 2.61 bits per heavy atom. The molecule has 2 rings (SSSR count). The molecular weight excluding hydrogens is 287 g/mol. The van der Waals surface area contributed by atoms with Gasteiger partial charge in [-0.1, -0.05) is 35.0 Å². The number of nitriles is 1. The van der Waals surface area contributed by atoms with Crippen molar-refractivity contribution in [3.8, 4) is 6.07 Å². The lowest BCUT2D eigenvalue weighted by Crippen LogP contribution is -1.89. The monoisotopic (exact) mass is 294 g/mol. The molecule has 0 atom stereocenters. The minimum atomic E-state index is 0.493. The lowest BCUT2D eigenvalue weighted by molar-refractivity contribution is 1.05. The van der Waals surface area contributed by atoms with Crippen molar-refractivity contribution >= 4 is 35.0 Å². The highest BCUT2D eigenvalue weighted by Crippen LogP contribution is 2.33. The van der Waals surface area contributed by atoms with E-state index < -0.39 is 0 Å². The van der Waals surface area contributed by atoms with Gasteiger partial charge in [-0.3, -0.25) is 0 Å². The molecule has 0 amide bonds. The van der Waals surface area contributed by atoms with E-state index >= 15 is 0 Å². The topological polar surface area (TPSA) is 36.7 Å². The fourth-order valence-electron chi connectivity index (χ4n) is 1.35. The Hall–Kier alpha value is -1.21. The number of benzene rings is 1. The maximum Gasteiger partial charge on any atom is 0.119 e. The van der Waals surface area contributed by atoms with E-state index in [1.165, 1.54) is 11.8 Å². The molecular formula is C13H8Cl2N2S. The zero-order chi connectivity index (χ0) is 13.1. The van der Waals surface area contributed by atoms with E-state index in [0.717, 1.165) is 10.6 Å². The van der Waals surface area contributed by atoms with Gasteiger partial charge in [0, 0.05) is 10.6 Å². The first kappa shape index (κ1) is 13.2. The fourth-order valence-corrected chi connectivity index (χ4v) is 2.66. The van der Waals surface area contributed by atoms with Crippen LogP contribution in [0.2, 0.25) is 10.0 Å². The van der Waals surface area contributed by atoms with Gasteiger partial charge in [0.25, 0.3) is 0 Å². The maximum atomic E-state index is 9.04. The Morgan fingerprint density at radius 2 is 1.94 bits per heavy atom. The number of nitrogens with zero attached hydrogens (tertiary/aromatic N) is 2. The summed E-state index contributed by atoms with van der Waals surface area (Å²) in [6.07, 6.45) is 0. The molecule has 0 aliphatic rings. The molecule has 5 heteroatoms. The second-order valence-electron chi connectivity index (χ2n) is 3.60. The Morgan fingerprint density at radius 1 is 1.17 bits per heavy atom. The van der Waals surface area contributed by atoms with E-state index in [4.69, 9.17) is 28.5 Å². The van der Waals surface area contributed by atoms with Crippen LogP contribution >= 0.6 is 35.0 Å². The van der Waals surface area contributed by atoms with Gasteiger partial charge in [-0.25, -0.2) is 4.98 Å². The fraction of sp³-hybridized carbons (Fsp3) is 0.0769.